The molecule has 0 aromatic heterocycles. The highest BCUT2D eigenvalue weighted by molar-refractivity contribution is 5.58. The van der Waals surface area contributed by atoms with Gasteiger partial charge in [-0.25, -0.2) is 0 Å². The van der Waals surface area contributed by atoms with Crippen LogP contribution < -0.4 is 23.7 Å². The van der Waals surface area contributed by atoms with Crippen molar-refractivity contribution in [1.29, 1.82) is 0 Å². The van der Waals surface area contributed by atoms with Gasteiger partial charge >= 0.3 is 0 Å². The van der Waals surface area contributed by atoms with Gasteiger partial charge in [-0.1, -0.05) is 6.92 Å². The summed E-state index contributed by atoms with van der Waals surface area (Å²) in [6, 6.07) is 9.69. The van der Waals surface area contributed by atoms with E-state index in [1.54, 1.807) is 21.3 Å². The van der Waals surface area contributed by atoms with Crippen LogP contribution in [0.1, 0.15) is 30.9 Å². The number of hydrogen-bond donors (Lipinski definition) is 0. The Kier molecular flexibility index (Phi) is 4.30. The Labute approximate surface area is 158 Å². The Morgan fingerprint density at radius 3 is 2.33 bits per heavy atom. The summed E-state index contributed by atoms with van der Waals surface area (Å²) in [6.07, 6.45) is 0. The molecule has 0 saturated carbocycles. The highest BCUT2D eigenvalue weighted by atomic mass is 16.7. The first-order valence-corrected chi connectivity index (χ1v) is 8.90. The van der Waals surface area contributed by atoms with Gasteiger partial charge in [-0.05, 0) is 24.3 Å². The molecule has 2 aliphatic rings. The van der Waals surface area contributed by atoms with Gasteiger partial charge in [0.2, 0.25) is 12.6 Å². The molecule has 6 heteroatoms. The van der Waals surface area contributed by atoms with Gasteiger partial charge in [0.05, 0.1) is 14.2 Å². The molecule has 0 aliphatic carbocycles. The van der Waals surface area contributed by atoms with Gasteiger partial charge in [0.25, 0.3) is 0 Å². The Bertz CT molecular complexity index is 864. The lowest BCUT2D eigenvalue weighted by molar-refractivity contribution is -0.194. The van der Waals surface area contributed by atoms with Gasteiger partial charge in [-0.3, -0.25) is 0 Å². The quantitative estimate of drug-likeness (QED) is 0.810. The van der Waals surface area contributed by atoms with Gasteiger partial charge in [-0.15, -0.1) is 0 Å². The highest BCUT2D eigenvalue weighted by Crippen LogP contribution is 2.53. The first-order valence-electron chi connectivity index (χ1n) is 8.90. The summed E-state index contributed by atoms with van der Waals surface area (Å²) in [7, 11) is 4.99. The number of fused-ring (bicyclic) bond motifs is 2. The fraction of sp³-hybridized carbons (Fsp3) is 0.429. The molecule has 144 valence electrons. The fourth-order valence-electron chi connectivity index (χ4n) is 3.90. The fourth-order valence-corrected chi connectivity index (χ4v) is 3.90. The van der Waals surface area contributed by atoms with Crippen LogP contribution in [-0.2, 0) is 4.74 Å². The van der Waals surface area contributed by atoms with E-state index in [4.69, 9.17) is 28.4 Å². The van der Waals surface area contributed by atoms with Crippen molar-refractivity contribution in [3.63, 3.8) is 0 Å². The summed E-state index contributed by atoms with van der Waals surface area (Å²) in [5, 5.41) is 0. The third kappa shape index (κ3) is 2.75. The zero-order valence-electron chi connectivity index (χ0n) is 16.2. The Hall–Kier alpha value is -2.60. The van der Waals surface area contributed by atoms with Crippen LogP contribution in [-0.4, -0.2) is 33.9 Å². The zero-order chi connectivity index (χ0) is 19.2. The van der Waals surface area contributed by atoms with Crippen molar-refractivity contribution in [3.8, 4) is 28.7 Å². The van der Waals surface area contributed by atoms with Crippen LogP contribution in [0.25, 0.3) is 0 Å². The monoisotopic (exact) mass is 372 g/mol. The molecule has 2 aromatic rings. The minimum atomic E-state index is -0.806. The van der Waals surface area contributed by atoms with E-state index in [9.17, 15) is 0 Å². The number of hydrogen-bond acceptors (Lipinski definition) is 6. The Balaban J connectivity index is 1.94. The lowest BCUT2D eigenvalue weighted by atomic mass is 9.75. The van der Waals surface area contributed by atoms with Crippen LogP contribution >= 0.6 is 0 Å². The summed E-state index contributed by atoms with van der Waals surface area (Å²) in [6.45, 7) is 4.27. The molecule has 2 aliphatic heterocycles. The topological polar surface area (TPSA) is 55.4 Å². The van der Waals surface area contributed by atoms with Gasteiger partial charge in [0, 0.05) is 43.1 Å². The Morgan fingerprint density at radius 2 is 1.67 bits per heavy atom. The van der Waals surface area contributed by atoms with Crippen LogP contribution in [0.2, 0.25) is 0 Å². The first-order chi connectivity index (χ1) is 13.0. The molecule has 0 radical (unpaired) electrons. The number of methoxy groups -OCH3 is 3. The molecule has 0 amide bonds. The van der Waals surface area contributed by atoms with Crippen molar-refractivity contribution in [2.75, 3.05) is 28.1 Å². The van der Waals surface area contributed by atoms with Crippen molar-refractivity contribution >= 4 is 0 Å². The first kappa shape index (κ1) is 17.8. The van der Waals surface area contributed by atoms with E-state index >= 15 is 0 Å². The number of ether oxygens (including phenoxy) is 6. The van der Waals surface area contributed by atoms with Gasteiger partial charge in [0.15, 0.2) is 11.5 Å². The van der Waals surface area contributed by atoms with Crippen molar-refractivity contribution in [2.24, 2.45) is 5.92 Å². The maximum Gasteiger partial charge on any atom is 0.231 e. The van der Waals surface area contributed by atoms with E-state index in [-0.39, 0.29) is 18.6 Å². The standard InChI is InChI=1S/C21H24O6/c1-12-20(14-8-13(22-3)6-7-16(14)23-4)15-9-18-19(26-11-25-18)10-17(15)27-21(12,2)24-5/h6-10,12,20H,11H2,1-5H3/t12-,20-,21+/m0/s1. The molecule has 3 atom stereocenters. The number of benzene rings is 2. The summed E-state index contributed by atoms with van der Waals surface area (Å²) >= 11 is 0. The molecular weight excluding hydrogens is 348 g/mol. The smallest absolute Gasteiger partial charge is 0.231 e. The molecule has 2 aromatic carbocycles. The predicted molar refractivity (Wildman–Crippen MR) is 99.2 cm³/mol. The van der Waals surface area contributed by atoms with E-state index in [2.05, 4.69) is 6.92 Å². The summed E-state index contributed by atoms with van der Waals surface area (Å²) in [5.41, 5.74) is 2.02. The van der Waals surface area contributed by atoms with E-state index in [1.165, 1.54) is 0 Å². The third-order valence-electron chi connectivity index (χ3n) is 5.66. The van der Waals surface area contributed by atoms with E-state index in [0.29, 0.717) is 5.75 Å². The average molecular weight is 372 g/mol. The van der Waals surface area contributed by atoms with E-state index < -0.39 is 5.79 Å². The SMILES string of the molecule is COc1ccc(OC)c([C@H]2c3cc4c(cc3O[C@@](C)(OC)[C@H]2C)OCO4)c1. The second kappa shape index (κ2) is 6.53. The summed E-state index contributed by atoms with van der Waals surface area (Å²) in [5.74, 6) is 2.82. The van der Waals surface area contributed by atoms with E-state index in [0.717, 1.165) is 34.1 Å². The van der Waals surface area contributed by atoms with Crippen LogP contribution in [0.5, 0.6) is 28.7 Å². The molecular formula is C21H24O6. The Morgan fingerprint density at radius 1 is 0.926 bits per heavy atom. The maximum absolute atomic E-state index is 6.26. The van der Waals surface area contributed by atoms with Crippen molar-refractivity contribution < 1.29 is 28.4 Å². The van der Waals surface area contributed by atoms with Gasteiger partial charge in [-0.2, -0.15) is 0 Å². The minimum Gasteiger partial charge on any atom is -0.497 e. The van der Waals surface area contributed by atoms with Crippen LogP contribution in [0.4, 0.5) is 0 Å². The van der Waals surface area contributed by atoms with Crippen molar-refractivity contribution in [1.82, 2.24) is 0 Å². The zero-order valence-corrected chi connectivity index (χ0v) is 16.2. The van der Waals surface area contributed by atoms with Crippen molar-refractivity contribution in [2.45, 2.75) is 25.6 Å². The molecule has 0 saturated heterocycles. The number of rotatable bonds is 4. The maximum atomic E-state index is 6.26. The molecule has 6 nitrogen and oxygen atoms in total. The third-order valence-corrected chi connectivity index (χ3v) is 5.66. The normalized spacial score (nSPS) is 25.5. The molecule has 0 bridgehead atoms. The van der Waals surface area contributed by atoms with Crippen molar-refractivity contribution in [3.05, 3.63) is 41.5 Å². The molecule has 0 unspecified atom stereocenters. The second-order valence-corrected chi connectivity index (χ2v) is 6.94. The summed E-state index contributed by atoms with van der Waals surface area (Å²) in [4.78, 5) is 0. The van der Waals surface area contributed by atoms with Crippen LogP contribution in [0.3, 0.4) is 0 Å². The second-order valence-electron chi connectivity index (χ2n) is 6.94. The molecule has 27 heavy (non-hydrogen) atoms. The van der Waals surface area contributed by atoms with Crippen LogP contribution in [0, 0.1) is 5.92 Å². The molecule has 0 N–H and O–H groups in total. The molecule has 0 spiro atoms. The molecule has 2 heterocycles. The lowest BCUT2D eigenvalue weighted by Gasteiger charge is -2.44. The lowest BCUT2D eigenvalue weighted by Crippen LogP contribution is -2.47. The highest BCUT2D eigenvalue weighted by Gasteiger charge is 2.47. The van der Waals surface area contributed by atoms with Gasteiger partial charge in [0.1, 0.15) is 17.2 Å². The predicted octanol–water partition coefficient (Wildman–Crippen LogP) is 3.96. The average Bonchev–Trinajstić information content (AvgIpc) is 3.14. The van der Waals surface area contributed by atoms with E-state index in [1.807, 2.05) is 37.3 Å². The molecule has 0 fully saturated rings. The molecule has 4 rings (SSSR count). The van der Waals surface area contributed by atoms with Crippen LogP contribution in [0.15, 0.2) is 30.3 Å². The summed E-state index contributed by atoms with van der Waals surface area (Å²) < 4.78 is 34.3. The minimum absolute atomic E-state index is 0.00335. The van der Waals surface area contributed by atoms with Gasteiger partial charge < -0.3 is 28.4 Å². The largest absolute Gasteiger partial charge is 0.497 e.